The Morgan fingerprint density at radius 3 is 2.80 bits per heavy atom. The van der Waals surface area contributed by atoms with E-state index in [4.69, 9.17) is 5.11 Å². The average Bonchev–Trinajstić information content (AvgIpc) is 2.66. The van der Waals surface area contributed by atoms with Gasteiger partial charge < -0.3 is 10.4 Å². The number of aliphatic carboxylic acids is 1. The van der Waals surface area contributed by atoms with Crippen LogP contribution in [0.25, 0.3) is 0 Å². The molecule has 0 aromatic carbocycles. The van der Waals surface area contributed by atoms with Crippen LogP contribution in [0, 0.1) is 0 Å². The number of aromatic nitrogens is 4. The Labute approximate surface area is 85.3 Å². The number of amides is 1. The maximum atomic E-state index is 11.3. The predicted octanol–water partition coefficient (Wildman–Crippen LogP) is -1.35. The minimum absolute atomic E-state index is 0.0865. The minimum Gasteiger partial charge on any atom is -0.480 e. The van der Waals surface area contributed by atoms with Crippen molar-refractivity contribution in [2.24, 2.45) is 0 Å². The molecule has 0 aliphatic rings. The van der Waals surface area contributed by atoms with E-state index in [0.29, 0.717) is 6.42 Å². The standard InChI is InChI=1S/C7H11N5O3/c1-2-5(7(14)15)9-6(13)3-12-4-8-10-11-12/h4-5H,2-3H2,1H3,(H,9,13)(H,14,15). The molecule has 1 amide bonds. The molecule has 0 aliphatic carbocycles. The van der Waals surface area contributed by atoms with E-state index in [1.165, 1.54) is 11.0 Å². The lowest BCUT2D eigenvalue weighted by Crippen LogP contribution is -2.41. The SMILES string of the molecule is CCC(NC(=O)Cn1cnnn1)C(=O)O. The van der Waals surface area contributed by atoms with Gasteiger partial charge in [-0.2, -0.15) is 0 Å². The highest BCUT2D eigenvalue weighted by Crippen LogP contribution is 1.91. The van der Waals surface area contributed by atoms with Crippen LogP contribution in [-0.4, -0.2) is 43.2 Å². The molecule has 0 saturated heterocycles. The number of tetrazole rings is 1. The number of nitrogens with one attached hydrogen (secondary N) is 1. The van der Waals surface area contributed by atoms with Crippen molar-refractivity contribution in [3.05, 3.63) is 6.33 Å². The Balaban J connectivity index is 2.45. The summed E-state index contributed by atoms with van der Waals surface area (Å²) in [7, 11) is 0. The van der Waals surface area contributed by atoms with E-state index >= 15 is 0 Å². The van der Waals surface area contributed by atoms with Crippen LogP contribution in [0.1, 0.15) is 13.3 Å². The third-order valence-electron chi connectivity index (χ3n) is 1.74. The molecule has 82 valence electrons. The molecule has 0 radical (unpaired) electrons. The number of hydrogen-bond donors (Lipinski definition) is 2. The molecule has 1 unspecified atom stereocenters. The van der Waals surface area contributed by atoms with Gasteiger partial charge in [0.1, 0.15) is 18.9 Å². The van der Waals surface area contributed by atoms with E-state index in [1.54, 1.807) is 6.92 Å². The summed E-state index contributed by atoms with van der Waals surface area (Å²) in [4.78, 5) is 21.9. The number of carbonyl (C=O) groups excluding carboxylic acids is 1. The Kier molecular flexibility index (Phi) is 3.72. The Morgan fingerprint density at radius 2 is 2.33 bits per heavy atom. The second-order valence-electron chi connectivity index (χ2n) is 2.87. The van der Waals surface area contributed by atoms with Gasteiger partial charge in [0.2, 0.25) is 5.91 Å². The fourth-order valence-electron chi connectivity index (χ4n) is 0.978. The molecular weight excluding hydrogens is 202 g/mol. The predicted molar refractivity (Wildman–Crippen MR) is 47.7 cm³/mol. The van der Waals surface area contributed by atoms with Gasteiger partial charge in [-0.15, -0.1) is 5.10 Å². The van der Waals surface area contributed by atoms with E-state index in [9.17, 15) is 9.59 Å². The van der Waals surface area contributed by atoms with Crippen molar-refractivity contribution >= 4 is 11.9 Å². The van der Waals surface area contributed by atoms with Crippen molar-refractivity contribution in [3.8, 4) is 0 Å². The molecule has 1 heterocycles. The number of rotatable bonds is 5. The maximum Gasteiger partial charge on any atom is 0.326 e. The fraction of sp³-hybridized carbons (Fsp3) is 0.571. The number of nitrogens with zero attached hydrogens (tertiary/aromatic N) is 4. The first-order valence-corrected chi connectivity index (χ1v) is 4.36. The van der Waals surface area contributed by atoms with Crippen LogP contribution in [0.15, 0.2) is 6.33 Å². The molecule has 15 heavy (non-hydrogen) atoms. The quantitative estimate of drug-likeness (QED) is 0.625. The van der Waals surface area contributed by atoms with Crippen molar-refractivity contribution in [2.45, 2.75) is 25.9 Å². The van der Waals surface area contributed by atoms with Gasteiger partial charge in [-0.25, -0.2) is 9.48 Å². The summed E-state index contributed by atoms with van der Waals surface area (Å²) >= 11 is 0. The van der Waals surface area contributed by atoms with E-state index in [-0.39, 0.29) is 6.54 Å². The van der Waals surface area contributed by atoms with Gasteiger partial charge in [-0.3, -0.25) is 4.79 Å². The molecule has 8 heteroatoms. The zero-order valence-corrected chi connectivity index (χ0v) is 8.12. The van der Waals surface area contributed by atoms with Crippen molar-refractivity contribution in [3.63, 3.8) is 0 Å². The molecule has 8 nitrogen and oxygen atoms in total. The summed E-state index contributed by atoms with van der Waals surface area (Å²) in [5.74, 6) is -1.49. The highest BCUT2D eigenvalue weighted by molar-refractivity contribution is 5.83. The monoisotopic (exact) mass is 213 g/mol. The van der Waals surface area contributed by atoms with Crippen molar-refractivity contribution < 1.29 is 14.7 Å². The van der Waals surface area contributed by atoms with E-state index in [0.717, 1.165) is 0 Å². The first-order chi connectivity index (χ1) is 7.13. The highest BCUT2D eigenvalue weighted by atomic mass is 16.4. The van der Waals surface area contributed by atoms with Gasteiger partial charge in [0, 0.05) is 0 Å². The van der Waals surface area contributed by atoms with Crippen molar-refractivity contribution in [1.29, 1.82) is 0 Å². The summed E-state index contributed by atoms with van der Waals surface area (Å²) in [6.45, 7) is 1.59. The lowest BCUT2D eigenvalue weighted by Gasteiger charge is -2.11. The van der Waals surface area contributed by atoms with Crippen molar-refractivity contribution in [1.82, 2.24) is 25.5 Å². The van der Waals surface area contributed by atoms with Gasteiger partial charge in [0.25, 0.3) is 0 Å². The Bertz CT molecular complexity index is 336. The summed E-state index contributed by atoms with van der Waals surface area (Å²) in [6, 6.07) is -0.867. The normalized spacial score (nSPS) is 12.1. The first-order valence-electron chi connectivity index (χ1n) is 4.36. The Hall–Kier alpha value is -1.99. The maximum absolute atomic E-state index is 11.3. The molecule has 0 spiro atoms. The largest absolute Gasteiger partial charge is 0.480 e. The fourth-order valence-corrected chi connectivity index (χ4v) is 0.978. The van der Waals surface area contributed by atoms with Crippen LogP contribution in [0.5, 0.6) is 0 Å². The van der Waals surface area contributed by atoms with Crippen LogP contribution in [0.2, 0.25) is 0 Å². The lowest BCUT2D eigenvalue weighted by molar-refractivity contribution is -0.142. The molecular formula is C7H11N5O3. The lowest BCUT2D eigenvalue weighted by atomic mass is 10.2. The first kappa shape index (κ1) is 11.1. The van der Waals surface area contributed by atoms with E-state index < -0.39 is 17.9 Å². The topological polar surface area (TPSA) is 110 Å². The third kappa shape index (κ3) is 3.33. The third-order valence-corrected chi connectivity index (χ3v) is 1.74. The molecule has 1 rings (SSSR count). The zero-order valence-electron chi connectivity index (χ0n) is 8.12. The smallest absolute Gasteiger partial charge is 0.326 e. The second kappa shape index (κ2) is 5.03. The number of carboxylic acids is 1. The average molecular weight is 213 g/mol. The van der Waals surface area contributed by atoms with Gasteiger partial charge >= 0.3 is 5.97 Å². The zero-order chi connectivity index (χ0) is 11.3. The summed E-state index contributed by atoms with van der Waals surface area (Å²) < 4.78 is 1.21. The number of carboxylic acid groups (broad SMARTS) is 1. The molecule has 0 bridgehead atoms. The van der Waals surface area contributed by atoms with Crippen LogP contribution < -0.4 is 5.32 Å². The van der Waals surface area contributed by atoms with Gasteiger partial charge in [0.15, 0.2) is 0 Å². The molecule has 0 fully saturated rings. The van der Waals surface area contributed by atoms with Crippen molar-refractivity contribution in [2.75, 3.05) is 0 Å². The van der Waals surface area contributed by atoms with Gasteiger partial charge in [-0.05, 0) is 16.8 Å². The molecule has 1 aromatic heterocycles. The van der Waals surface area contributed by atoms with Gasteiger partial charge in [0.05, 0.1) is 0 Å². The number of carbonyl (C=O) groups is 2. The summed E-state index contributed by atoms with van der Waals surface area (Å²) in [5, 5.41) is 21.2. The highest BCUT2D eigenvalue weighted by Gasteiger charge is 2.17. The van der Waals surface area contributed by atoms with E-state index in [2.05, 4.69) is 20.8 Å². The summed E-state index contributed by atoms with van der Waals surface area (Å²) in [5.41, 5.74) is 0. The van der Waals surface area contributed by atoms with E-state index in [1.807, 2.05) is 0 Å². The summed E-state index contributed by atoms with van der Waals surface area (Å²) in [6.07, 6.45) is 1.61. The van der Waals surface area contributed by atoms with Crippen LogP contribution >= 0.6 is 0 Å². The second-order valence-corrected chi connectivity index (χ2v) is 2.87. The molecule has 0 aliphatic heterocycles. The molecule has 1 aromatic rings. The molecule has 2 N–H and O–H groups in total. The number of hydrogen-bond acceptors (Lipinski definition) is 5. The Morgan fingerprint density at radius 1 is 1.60 bits per heavy atom. The van der Waals surface area contributed by atoms with Crippen LogP contribution in [-0.2, 0) is 16.1 Å². The van der Waals surface area contributed by atoms with Crippen LogP contribution in [0.4, 0.5) is 0 Å². The van der Waals surface area contributed by atoms with Crippen LogP contribution in [0.3, 0.4) is 0 Å². The van der Waals surface area contributed by atoms with Gasteiger partial charge in [-0.1, -0.05) is 6.92 Å². The molecule has 0 saturated carbocycles. The molecule has 1 atom stereocenters. The minimum atomic E-state index is -1.05.